The van der Waals surface area contributed by atoms with E-state index in [0.717, 1.165) is 38.4 Å². The van der Waals surface area contributed by atoms with Crippen molar-refractivity contribution >= 4 is 18.3 Å². The molecular weight excluding hydrogens is 284 g/mol. The molecule has 0 bridgehead atoms. The van der Waals surface area contributed by atoms with Gasteiger partial charge in [-0.25, -0.2) is 0 Å². The first-order chi connectivity index (χ1) is 9.74. The Labute approximate surface area is 134 Å². The highest BCUT2D eigenvalue weighted by Gasteiger charge is 2.14. The molecule has 1 aliphatic rings. The van der Waals surface area contributed by atoms with Crippen LogP contribution < -0.4 is 10.6 Å². The van der Waals surface area contributed by atoms with Gasteiger partial charge in [0.1, 0.15) is 0 Å². The monoisotopic (exact) mass is 310 g/mol. The van der Waals surface area contributed by atoms with E-state index in [-0.39, 0.29) is 18.3 Å². The van der Waals surface area contributed by atoms with Crippen LogP contribution in [-0.2, 0) is 11.2 Å². The highest BCUT2D eigenvalue weighted by Crippen LogP contribution is 2.17. The fourth-order valence-corrected chi connectivity index (χ4v) is 2.81. The summed E-state index contributed by atoms with van der Waals surface area (Å²) in [5.41, 5.74) is 2.57. The van der Waals surface area contributed by atoms with Gasteiger partial charge in [0.05, 0.1) is 0 Å². The lowest BCUT2D eigenvalue weighted by molar-refractivity contribution is -0.121. The number of nitrogens with one attached hydrogen (secondary N) is 2. The normalized spacial score (nSPS) is 15.3. The van der Waals surface area contributed by atoms with Crippen molar-refractivity contribution in [2.24, 2.45) is 5.92 Å². The molecule has 0 unspecified atom stereocenters. The molecule has 2 rings (SSSR count). The van der Waals surface area contributed by atoms with E-state index in [1.165, 1.54) is 24.0 Å². The third-order valence-corrected chi connectivity index (χ3v) is 4.06. The molecule has 1 heterocycles. The van der Waals surface area contributed by atoms with Crippen molar-refractivity contribution in [3.05, 3.63) is 35.4 Å². The summed E-state index contributed by atoms with van der Waals surface area (Å²) in [5.74, 6) is 0.940. The van der Waals surface area contributed by atoms with Crippen molar-refractivity contribution in [1.82, 2.24) is 10.6 Å². The second-order valence-corrected chi connectivity index (χ2v) is 5.82. The Balaban J connectivity index is 0.00000220. The summed E-state index contributed by atoms with van der Waals surface area (Å²) in [6.07, 6.45) is 5.07. The van der Waals surface area contributed by atoms with Crippen LogP contribution in [0.2, 0.25) is 0 Å². The predicted octanol–water partition coefficient (Wildman–Crippen LogP) is 2.86. The van der Waals surface area contributed by atoms with Crippen LogP contribution >= 0.6 is 12.4 Å². The van der Waals surface area contributed by atoms with Gasteiger partial charge >= 0.3 is 0 Å². The lowest BCUT2D eigenvalue weighted by atomic mass is 9.93. The Bertz CT molecular complexity index is 431. The molecule has 1 aliphatic heterocycles. The number of halogens is 1. The standard InChI is InChI=1S/C17H26N2O.ClH/c1-14-3-2-4-16(13-14)9-12-19-17(20)6-5-15-7-10-18-11-8-15;/h2-4,13,15,18H,5-12H2,1H3,(H,19,20);1H. The predicted molar refractivity (Wildman–Crippen MR) is 90.0 cm³/mol. The molecule has 4 heteroatoms. The molecular formula is C17H27ClN2O. The minimum absolute atomic E-state index is 0. The highest BCUT2D eigenvalue weighted by atomic mass is 35.5. The number of hydrogen-bond acceptors (Lipinski definition) is 2. The third kappa shape index (κ3) is 6.96. The van der Waals surface area contributed by atoms with E-state index in [9.17, 15) is 4.79 Å². The van der Waals surface area contributed by atoms with Gasteiger partial charge in [-0.2, -0.15) is 0 Å². The van der Waals surface area contributed by atoms with Crippen LogP contribution in [0.5, 0.6) is 0 Å². The van der Waals surface area contributed by atoms with Crippen molar-refractivity contribution < 1.29 is 4.79 Å². The van der Waals surface area contributed by atoms with Gasteiger partial charge in [-0.05, 0) is 57.2 Å². The summed E-state index contributed by atoms with van der Waals surface area (Å²) in [4.78, 5) is 11.8. The molecule has 118 valence electrons. The lowest BCUT2D eigenvalue weighted by Gasteiger charge is -2.22. The number of carbonyl (C=O) groups is 1. The van der Waals surface area contributed by atoms with Crippen LogP contribution in [-0.4, -0.2) is 25.5 Å². The Kier molecular flexibility index (Phi) is 8.40. The number of aryl methyl sites for hydroxylation is 1. The van der Waals surface area contributed by atoms with Crippen LogP contribution in [0.3, 0.4) is 0 Å². The molecule has 0 aromatic heterocycles. The fourth-order valence-electron chi connectivity index (χ4n) is 2.81. The van der Waals surface area contributed by atoms with Gasteiger partial charge in [0.2, 0.25) is 5.91 Å². The van der Waals surface area contributed by atoms with Crippen LogP contribution in [0, 0.1) is 12.8 Å². The molecule has 2 N–H and O–H groups in total. The van der Waals surface area contributed by atoms with Crippen LogP contribution in [0.1, 0.15) is 36.8 Å². The maximum Gasteiger partial charge on any atom is 0.220 e. The molecule has 1 fully saturated rings. The number of hydrogen-bond donors (Lipinski definition) is 2. The van der Waals surface area contributed by atoms with Crippen LogP contribution in [0.15, 0.2) is 24.3 Å². The number of piperidine rings is 1. The van der Waals surface area contributed by atoms with Crippen molar-refractivity contribution in [3.63, 3.8) is 0 Å². The van der Waals surface area contributed by atoms with Crippen molar-refractivity contribution in [3.8, 4) is 0 Å². The zero-order chi connectivity index (χ0) is 14.2. The topological polar surface area (TPSA) is 41.1 Å². The Morgan fingerprint density at radius 1 is 1.33 bits per heavy atom. The highest BCUT2D eigenvalue weighted by molar-refractivity contribution is 5.85. The smallest absolute Gasteiger partial charge is 0.220 e. The minimum Gasteiger partial charge on any atom is -0.356 e. The molecule has 1 aromatic rings. The van der Waals surface area contributed by atoms with Gasteiger partial charge in [0.25, 0.3) is 0 Å². The van der Waals surface area contributed by atoms with Gasteiger partial charge in [-0.1, -0.05) is 29.8 Å². The second-order valence-electron chi connectivity index (χ2n) is 5.82. The molecule has 0 radical (unpaired) electrons. The Morgan fingerprint density at radius 2 is 2.10 bits per heavy atom. The van der Waals surface area contributed by atoms with E-state index in [2.05, 4.69) is 41.8 Å². The number of benzene rings is 1. The summed E-state index contributed by atoms with van der Waals surface area (Å²) in [6.45, 7) is 5.06. The molecule has 1 saturated heterocycles. The van der Waals surface area contributed by atoms with E-state index in [4.69, 9.17) is 0 Å². The van der Waals surface area contributed by atoms with E-state index in [0.29, 0.717) is 6.42 Å². The van der Waals surface area contributed by atoms with E-state index >= 15 is 0 Å². The zero-order valence-corrected chi connectivity index (χ0v) is 13.7. The second kappa shape index (κ2) is 9.80. The summed E-state index contributed by atoms with van der Waals surface area (Å²) in [6, 6.07) is 8.47. The van der Waals surface area contributed by atoms with E-state index in [1.54, 1.807) is 0 Å². The average molecular weight is 311 g/mol. The van der Waals surface area contributed by atoms with Crippen LogP contribution in [0.4, 0.5) is 0 Å². The molecule has 21 heavy (non-hydrogen) atoms. The first-order valence-corrected chi connectivity index (χ1v) is 7.77. The third-order valence-electron chi connectivity index (χ3n) is 4.06. The van der Waals surface area contributed by atoms with Crippen molar-refractivity contribution in [1.29, 1.82) is 0 Å². The van der Waals surface area contributed by atoms with E-state index in [1.807, 2.05) is 0 Å². The molecule has 0 spiro atoms. The van der Waals surface area contributed by atoms with Gasteiger partial charge in [-0.3, -0.25) is 4.79 Å². The molecule has 1 aromatic carbocycles. The number of rotatable bonds is 6. The summed E-state index contributed by atoms with van der Waals surface area (Å²) < 4.78 is 0. The van der Waals surface area contributed by atoms with Gasteiger partial charge < -0.3 is 10.6 Å². The van der Waals surface area contributed by atoms with Gasteiger partial charge in [0, 0.05) is 13.0 Å². The number of amides is 1. The van der Waals surface area contributed by atoms with Crippen LogP contribution in [0.25, 0.3) is 0 Å². The first kappa shape index (κ1) is 18.0. The molecule has 0 saturated carbocycles. The SMILES string of the molecule is Cc1cccc(CCNC(=O)CCC2CCNCC2)c1.Cl. The fraction of sp³-hybridized carbons (Fsp3) is 0.588. The van der Waals surface area contributed by atoms with Gasteiger partial charge in [0.15, 0.2) is 0 Å². The molecule has 3 nitrogen and oxygen atoms in total. The largest absolute Gasteiger partial charge is 0.356 e. The maximum atomic E-state index is 11.8. The minimum atomic E-state index is 0. The van der Waals surface area contributed by atoms with Crippen molar-refractivity contribution in [2.75, 3.05) is 19.6 Å². The summed E-state index contributed by atoms with van der Waals surface area (Å²) in [7, 11) is 0. The Morgan fingerprint density at radius 3 is 2.81 bits per heavy atom. The number of carbonyl (C=O) groups excluding carboxylic acids is 1. The molecule has 0 atom stereocenters. The van der Waals surface area contributed by atoms with Gasteiger partial charge in [-0.15, -0.1) is 12.4 Å². The first-order valence-electron chi connectivity index (χ1n) is 7.77. The average Bonchev–Trinajstić information content (AvgIpc) is 2.46. The van der Waals surface area contributed by atoms with Crippen molar-refractivity contribution in [2.45, 2.75) is 39.0 Å². The quantitative estimate of drug-likeness (QED) is 0.848. The maximum absolute atomic E-state index is 11.8. The lowest BCUT2D eigenvalue weighted by Crippen LogP contribution is -2.30. The Hall–Kier alpha value is -1.06. The summed E-state index contributed by atoms with van der Waals surface area (Å²) >= 11 is 0. The zero-order valence-electron chi connectivity index (χ0n) is 12.9. The summed E-state index contributed by atoms with van der Waals surface area (Å²) in [5, 5.41) is 6.39. The van der Waals surface area contributed by atoms with E-state index < -0.39 is 0 Å². The molecule has 1 amide bonds. The molecule has 0 aliphatic carbocycles.